The van der Waals surface area contributed by atoms with Gasteiger partial charge < -0.3 is 28.0 Å². The van der Waals surface area contributed by atoms with Crippen LogP contribution in [0.15, 0.2) is 80.2 Å². The van der Waals surface area contributed by atoms with Crippen molar-refractivity contribution >= 4 is 57.7 Å². The number of piperidine rings is 4. The third-order valence-corrected chi connectivity index (χ3v) is 22.9. The zero-order chi connectivity index (χ0) is 48.0. The van der Waals surface area contributed by atoms with E-state index in [1.54, 1.807) is 29.2 Å². The van der Waals surface area contributed by atoms with E-state index in [0.717, 1.165) is 45.2 Å². The zero-order valence-corrected chi connectivity index (χ0v) is 43.2. The van der Waals surface area contributed by atoms with E-state index >= 15 is 0 Å². The quantitative estimate of drug-likeness (QED) is 0.122. The average Bonchev–Trinajstić information content (AvgIpc) is 4.07. The van der Waals surface area contributed by atoms with E-state index in [1.807, 2.05) is 0 Å². The number of carbonyl (C=O) groups excluding carboxylic acids is 1. The van der Waals surface area contributed by atoms with Gasteiger partial charge in [-0.05, 0) is 144 Å². The molecule has 22 heteroatoms. The fourth-order valence-electron chi connectivity index (χ4n) is 9.22. The molecule has 0 aliphatic carbocycles. The second kappa shape index (κ2) is 22.1. The van der Waals surface area contributed by atoms with E-state index in [9.17, 15) is 21.6 Å². The molecule has 0 N–H and O–H groups in total. The van der Waals surface area contributed by atoms with Gasteiger partial charge >= 0.3 is 6.09 Å². The van der Waals surface area contributed by atoms with Crippen molar-refractivity contribution in [2.75, 3.05) is 39.4 Å². The third kappa shape index (κ3) is 12.3. The number of benzene rings is 2. The van der Waals surface area contributed by atoms with Crippen molar-refractivity contribution in [3.63, 3.8) is 0 Å². The zero-order valence-electron chi connectivity index (χ0n) is 39.0. The summed E-state index contributed by atoms with van der Waals surface area (Å²) in [4.78, 5) is 25.9. The van der Waals surface area contributed by atoms with Crippen molar-refractivity contribution in [3.05, 3.63) is 83.0 Å². The molecule has 4 atom stereocenters. The molecule has 368 valence electrons. The summed E-state index contributed by atoms with van der Waals surface area (Å²) in [6.45, 7) is 14.8. The minimum Gasteiger partial charge on any atom is -0.448 e. The number of carbonyl (C=O) groups is 1. The van der Waals surface area contributed by atoms with Crippen molar-refractivity contribution in [2.24, 2.45) is 0 Å². The van der Waals surface area contributed by atoms with E-state index in [-0.39, 0.29) is 33.6 Å². The normalized spacial score (nSPS) is 23.4. The third-order valence-electron chi connectivity index (χ3n) is 14.0. The molecular formula is C45H64Cl2N8O9S2Si. The number of halogens is 2. The summed E-state index contributed by atoms with van der Waals surface area (Å²) in [7, 11) is -9.81. The van der Waals surface area contributed by atoms with Crippen LogP contribution in [0.1, 0.15) is 115 Å². The summed E-state index contributed by atoms with van der Waals surface area (Å²) < 4.78 is 79.9. The van der Waals surface area contributed by atoms with Gasteiger partial charge in [-0.3, -0.25) is 0 Å². The molecule has 4 aromatic rings. The fraction of sp³-hybridized carbons (Fsp3) is 0.622. The van der Waals surface area contributed by atoms with Gasteiger partial charge in [-0.15, -0.1) is 0 Å². The molecule has 0 saturated carbocycles. The molecule has 6 heterocycles. The monoisotopic (exact) mass is 1020 g/mol. The Bertz CT molecular complexity index is 2420. The Morgan fingerprint density at radius 1 is 0.672 bits per heavy atom. The molecule has 0 spiro atoms. The molecule has 17 nitrogen and oxygen atoms in total. The number of ether oxygens (including phenoxy) is 1. The van der Waals surface area contributed by atoms with E-state index < -0.39 is 46.5 Å². The van der Waals surface area contributed by atoms with Crippen LogP contribution in [0.5, 0.6) is 0 Å². The lowest BCUT2D eigenvalue weighted by atomic mass is 9.98. The molecule has 4 fully saturated rings. The topological polar surface area (TPSA) is 195 Å². The highest BCUT2D eigenvalue weighted by molar-refractivity contribution is 7.89. The molecule has 4 saturated heterocycles. The second-order valence-corrected chi connectivity index (χ2v) is 28.7. The number of hydrogen-bond acceptors (Lipinski definition) is 14. The Kier molecular flexibility index (Phi) is 16.9. The lowest BCUT2D eigenvalue weighted by Gasteiger charge is -2.42. The number of amides is 1. The van der Waals surface area contributed by atoms with Gasteiger partial charge in [-0.2, -0.15) is 18.6 Å². The van der Waals surface area contributed by atoms with Gasteiger partial charge in [0.15, 0.2) is 20.0 Å². The van der Waals surface area contributed by atoms with Crippen LogP contribution in [0.25, 0.3) is 0 Å². The van der Waals surface area contributed by atoms with Crippen molar-refractivity contribution in [1.82, 2.24) is 38.7 Å². The maximum Gasteiger partial charge on any atom is 0.409 e. The molecule has 2 aromatic heterocycles. The van der Waals surface area contributed by atoms with Gasteiger partial charge in [-0.1, -0.05) is 60.7 Å². The Balaban J connectivity index is 0.000000204. The largest absolute Gasteiger partial charge is 0.448 e. The highest BCUT2D eigenvalue weighted by atomic mass is 35.5. The Labute approximate surface area is 406 Å². The van der Waals surface area contributed by atoms with Crippen LogP contribution in [-0.2, 0) is 29.2 Å². The lowest BCUT2D eigenvalue weighted by molar-refractivity contribution is 0.0440. The first kappa shape index (κ1) is 51.4. The maximum atomic E-state index is 13.8. The maximum absolute atomic E-state index is 13.8. The predicted octanol–water partition coefficient (Wildman–Crippen LogP) is 9.12. The highest BCUT2D eigenvalue weighted by Gasteiger charge is 2.46. The van der Waals surface area contributed by atoms with Crippen LogP contribution in [0.2, 0.25) is 28.2 Å². The van der Waals surface area contributed by atoms with Gasteiger partial charge in [0.05, 0.1) is 34.5 Å². The van der Waals surface area contributed by atoms with Gasteiger partial charge in [-0.25, -0.2) is 21.6 Å². The molecule has 4 aliphatic heterocycles. The van der Waals surface area contributed by atoms with Crippen molar-refractivity contribution in [2.45, 2.75) is 150 Å². The number of likely N-dealkylation sites (tertiary alicyclic amines) is 2. The van der Waals surface area contributed by atoms with E-state index in [4.69, 9.17) is 41.4 Å². The molecule has 0 radical (unpaired) electrons. The van der Waals surface area contributed by atoms with Crippen molar-refractivity contribution in [3.8, 4) is 0 Å². The molecular weight excluding hydrogens is 960 g/mol. The summed E-state index contributed by atoms with van der Waals surface area (Å²) in [5, 5.41) is 8.84. The molecule has 0 bridgehead atoms. The minimum atomic E-state index is -3.95. The van der Waals surface area contributed by atoms with Crippen LogP contribution in [0.4, 0.5) is 4.79 Å². The van der Waals surface area contributed by atoms with Crippen molar-refractivity contribution in [1.29, 1.82) is 0 Å². The Hall–Kier alpha value is -3.47. The van der Waals surface area contributed by atoms with Crippen molar-refractivity contribution < 1.29 is 39.8 Å². The number of nitrogens with zero attached hydrogens (tertiary/aromatic N) is 8. The van der Waals surface area contributed by atoms with Gasteiger partial charge in [0.1, 0.15) is 6.61 Å². The van der Waals surface area contributed by atoms with Crippen LogP contribution in [0, 0.1) is 0 Å². The van der Waals surface area contributed by atoms with Gasteiger partial charge in [0.25, 0.3) is 0 Å². The smallest absolute Gasteiger partial charge is 0.409 e. The standard InChI is InChI=1S/C25H34ClN5O5S.C20H30ClN3O4SSi/c26-19-7-9-22(10-8-19)37(33,34)31-21(5-4-6-23(31)24-27-18-36-28-24)17-35-25(32)30-15-11-20(12-16-30)29-13-2-1-3-14-29;1-20(2,3)30(4,5)28-13-16-7-6-8-18(19-22-14-27-23-19)24(16)29(25,26)17-11-9-15(21)10-12-17/h7-10,18,20-21,23H,1-6,11-17H2;9-12,14,16,18H,6-8,13H2,1-5H3. The van der Waals surface area contributed by atoms with Crippen LogP contribution in [0.3, 0.4) is 0 Å². The van der Waals surface area contributed by atoms with Crippen LogP contribution in [-0.4, -0.2) is 127 Å². The first-order valence-electron chi connectivity index (χ1n) is 23.3. The molecule has 1 amide bonds. The second-order valence-electron chi connectivity index (χ2n) is 19.3. The minimum absolute atomic E-state index is 0.0357. The SMILES string of the molecule is CC(C)(C)[Si](C)(C)OCC1CCCC(c2ncon2)N1S(=O)(=O)c1ccc(Cl)cc1.O=C(OCC1CCCC(c2ncon2)N1S(=O)(=O)c1ccc(Cl)cc1)N1CCC(N2CCCCC2)CC1. The lowest BCUT2D eigenvalue weighted by Crippen LogP contribution is -2.51. The summed E-state index contributed by atoms with van der Waals surface area (Å²) >= 11 is 12.0. The molecule has 8 rings (SSSR count). The summed E-state index contributed by atoms with van der Waals surface area (Å²) in [5.74, 6) is 0.679. The predicted molar refractivity (Wildman–Crippen MR) is 255 cm³/mol. The van der Waals surface area contributed by atoms with Gasteiger partial charge in [0, 0.05) is 35.2 Å². The van der Waals surface area contributed by atoms with E-state index in [2.05, 4.69) is 59.0 Å². The number of rotatable bonds is 12. The first-order chi connectivity index (χ1) is 31.9. The summed E-state index contributed by atoms with van der Waals surface area (Å²) in [6, 6.07) is 10.9. The van der Waals surface area contributed by atoms with E-state index in [1.165, 1.54) is 64.9 Å². The fourth-order valence-corrected chi connectivity index (χ4v) is 14.2. The molecule has 4 aliphatic rings. The van der Waals surface area contributed by atoms with Crippen LogP contribution >= 0.6 is 23.2 Å². The molecule has 4 unspecified atom stereocenters. The number of sulfonamides is 2. The number of hydrogen-bond donors (Lipinski definition) is 0. The number of aromatic nitrogens is 4. The average molecular weight is 1020 g/mol. The molecule has 2 aromatic carbocycles. The van der Waals surface area contributed by atoms with Gasteiger partial charge in [0.2, 0.25) is 32.8 Å². The summed E-state index contributed by atoms with van der Waals surface area (Å²) in [6.07, 6.45) is 11.8. The Morgan fingerprint density at radius 2 is 1.13 bits per heavy atom. The Morgan fingerprint density at radius 3 is 1.57 bits per heavy atom. The molecule has 67 heavy (non-hydrogen) atoms. The first-order valence-corrected chi connectivity index (χ1v) is 29.8. The van der Waals surface area contributed by atoms with E-state index in [0.29, 0.717) is 66.7 Å². The summed E-state index contributed by atoms with van der Waals surface area (Å²) in [5.41, 5.74) is 0. The highest BCUT2D eigenvalue weighted by Crippen LogP contribution is 2.42. The van der Waals surface area contributed by atoms with Crippen LogP contribution < -0.4 is 0 Å².